The minimum absolute atomic E-state index is 0. The molecule has 0 amide bonds. The van der Waals surface area contributed by atoms with Crippen LogP contribution >= 0.6 is 12.4 Å². The normalized spacial score (nSPS) is 15.2. The van der Waals surface area contributed by atoms with Crippen molar-refractivity contribution in [2.75, 3.05) is 26.2 Å². The molecular formula is C18H28ClNO2. The van der Waals surface area contributed by atoms with Crippen molar-refractivity contribution in [1.82, 2.24) is 4.90 Å². The summed E-state index contributed by atoms with van der Waals surface area (Å²) >= 11 is 0. The van der Waals surface area contributed by atoms with Crippen LogP contribution in [0.15, 0.2) is 18.2 Å². The molecule has 0 atom stereocenters. The van der Waals surface area contributed by atoms with Crippen LogP contribution in [0.5, 0.6) is 5.75 Å². The summed E-state index contributed by atoms with van der Waals surface area (Å²) in [6, 6.07) is 5.85. The number of Topliss-reactive ketones (excluding diaryl/α,β-unsaturated/α-hetero) is 1. The molecule has 4 heteroatoms. The Balaban J connectivity index is 0.00000242. The van der Waals surface area contributed by atoms with E-state index in [4.69, 9.17) is 4.74 Å². The SMILES string of the molecule is CCOc1ccc(C(=O)CCN2CCCCC2)cc1CC.Cl. The fraction of sp³-hybridized carbons (Fsp3) is 0.611. The van der Waals surface area contributed by atoms with E-state index in [0.717, 1.165) is 42.9 Å². The number of benzene rings is 1. The van der Waals surface area contributed by atoms with Crippen molar-refractivity contribution < 1.29 is 9.53 Å². The average molecular weight is 326 g/mol. The lowest BCUT2D eigenvalue weighted by Crippen LogP contribution is -2.31. The number of nitrogens with zero attached hydrogens (tertiary/aromatic N) is 1. The molecule has 0 saturated carbocycles. The van der Waals surface area contributed by atoms with Gasteiger partial charge in [0, 0.05) is 18.5 Å². The lowest BCUT2D eigenvalue weighted by Gasteiger charge is -2.26. The van der Waals surface area contributed by atoms with Gasteiger partial charge in [-0.3, -0.25) is 4.79 Å². The van der Waals surface area contributed by atoms with Crippen LogP contribution in [0.25, 0.3) is 0 Å². The number of ether oxygens (including phenoxy) is 1. The minimum Gasteiger partial charge on any atom is -0.494 e. The van der Waals surface area contributed by atoms with Crippen molar-refractivity contribution in [3.8, 4) is 5.75 Å². The monoisotopic (exact) mass is 325 g/mol. The fourth-order valence-corrected chi connectivity index (χ4v) is 2.91. The van der Waals surface area contributed by atoms with Crippen molar-refractivity contribution in [2.45, 2.75) is 46.0 Å². The Labute approximate surface area is 140 Å². The van der Waals surface area contributed by atoms with Gasteiger partial charge in [0.15, 0.2) is 5.78 Å². The summed E-state index contributed by atoms with van der Waals surface area (Å²) in [6.45, 7) is 7.94. The first-order valence-corrected chi connectivity index (χ1v) is 8.25. The van der Waals surface area contributed by atoms with E-state index in [1.54, 1.807) is 0 Å². The summed E-state index contributed by atoms with van der Waals surface area (Å²) in [4.78, 5) is 14.8. The Morgan fingerprint density at radius 2 is 1.91 bits per heavy atom. The molecule has 1 fully saturated rings. The van der Waals surface area contributed by atoms with Crippen molar-refractivity contribution >= 4 is 18.2 Å². The van der Waals surface area contributed by atoms with E-state index >= 15 is 0 Å². The molecule has 22 heavy (non-hydrogen) atoms. The van der Waals surface area contributed by atoms with E-state index in [9.17, 15) is 4.79 Å². The van der Waals surface area contributed by atoms with Crippen LogP contribution in [0.2, 0.25) is 0 Å². The molecule has 2 rings (SSSR count). The number of hydrogen-bond acceptors (Lipinski definition) is 3. The lowest BCUT2D eigenvalue weighted by atomic mass is 10.0. The molecule has 0 spiro atoms. The number of carbonyl (C=O) groups excluding carboxylic acids is 1. The van der Waals surface area contributed by atoms with Crippen LogP contribution in [0, 0.1) is 0 Å². The first-order chi connectivity index (χ1) is 10.2. The third kappa shape index (κ3) is 5.29. The molecule has 1 aromatic carbocycles. The number of carbonyl (C=O) groups is 1. The van der Waals surface area contributed by atoms with Crippen LogP contribution in [0.4, 0.5) is 0 Å². The highest BCUT2D eigenvalue weighted by atomic mass is 35.5. The van der Waals surface area contributed by atoms with Gasteiger partial charge in [0.25, 0.3) is 0 Å². The second kappa shape index (κ2) is 9.86. The highest BCUT2D eigenvalue weighted by Gasteiger charge is 2.14. The molecule has 0 radical (unpaired) electrons. The van der Waals surface area contributed by atoms with Crippen molar-refractivity contribution in [3.63, 3.8) is 0 Å². The van der Waals surface area contributed by atoms with Crippen molar-refractivity contribution in [2.24, 2.45) is 0 Å². The number of ketones is 1. The first-order valence-electron chi connectivity index (χ1n) is 8.25. The Morgan fingerprint density at radius 3 is 2.55 bits per heavy atom. The smallest absolute Gasteiger partial charge is 0.164 e. The number of piperidine rings is 1. The second-order valence-electron chi connectivity index (χ2n) is 5.68. The zero-order valence-corrected chi connectivity index (χ0v) is 14.6. The summed E-state index contributed by atoms with van der Waals surface area (Å²) in [6.07, 6.45) is 5.40. The predicted octanol–water partition coefficient (Wildman–Crippen LogP) is 4.13. The maximum atomic E-state index is 12.4. The van der Waals surface area contributed by atoms with Gasteiger partial charge in [-0.1, -0.05) is 13.3 Å². The topological polar surface area (TPSA) is 29.5 Å². The predicted molar refractivity (Wildman–Crippen MR) is 93.5 cm³/mol. The van der Waals surface area contributed by atoms with E-state index in [1.807, 2.05) is 25.1 Å². The van der Waals surface area contributed by atoms with E-state index in [-0.39, 0.29) is 18.2 Å². The third-order valence-corrected chi connectivity index (χ3v) is 4.17. The molecule has 1 saturated heterocycles. The average Bonchev–Trinajstić information content (AvgIpc) is 2.54. The highest BCUT2D eigenvalue weighted by Crippen LogP contribution is 2.22. The molecular weight excluding hydrogens is 298 g/mol. The third-order valence-electron chi connectivity index (χ3n) is 4.17. The summed E-state index contributed by atoms with van der Waals surface area (Å²) in [5.41, 5.74) is 1.95. The summed E-state index contributed by atoms with van der Waals surface area (Å²) in [5, 5.41) is 0. The Kier molecular flexibility index (Phi) is 8.51. The molecule has 1 heterocycles. The lowest BCUT2D eigenvalue weighted by molar-refractivity contribution is 0.0958. The standard InChI is InChI=1S/C18H27NO2.ClH/c1-3-15-14-16(8-9-18(15)21-4-2)17(20)10-13-19-11-6-5-7-12-19;/h8-9,14H,3-7,10-13H2,1-2H3;1H. The van der Waals surface area contributed by atoms with Gasteiger partial charge in [0.2, 0.25) is 0 Å². The van der Waals surface area contributed by atoms with E-state index in [2.05, 4.69) is 11.8 Å². The van der Waals surface area contributed by atoms with E-state index in [0.29, 0.717) is 13.0 Å². The molecule has 1 aromatic rings. The van der Waals surface area contributed by atoms with Gasteiger partial charge in [-0.25, -0.2) is 0 Å². The van der Waals surface area contributed by atoms with Crippen LogP contribution in [0.1, 0.15) is 55.5 Å². The summed E-state index contributed by atoms with van der Waals surface area (Å²) in [5.74, 6) is 1.16. The molecule has 0 bridgehead atoms. The molecule has 0 aromatic heterocycles. The molecule has 0 aliphatic carbocycles. The quantitative estimate of drug-likeness (QED) is 0.706. The molecule has 1 aliphatic rings. The Hall–Kier alpha value is -1.06. The second-order valence-corrected chi connectivity index (χ2v) is 5.68. The van der Waals surface area contributed by atoms with Gasteiger partial charge in [-0.05, 0) is 63.0 Å². The van der Waals surface area contributed by atoms with E-state index in [1.165, 1.54) is 19.3 Å². The minimum atomic E-state index is 0. The van der Waals surface area contributed by atoms with Crippen LogP contribution < -0.4 is 4.74 Å². The molecule has 3 nitrogen and oxygen atoms in total. The maximum absolute atomic E-state index is 12.4. The number of hydrogen-bond donors (Lipinski definition) is 0. The first kappa shape index (κ1) is 19.0. The number of rotatable bonds is 7. The van der Waals surface area contributed by atoms with E-state index < -0.39 is 0 Å². The van der Waals surface area contributed by atoms with Crippen molar-refractivity contribution in [1.29, 1.82) is 0 Å². The Morgan fingerprint density at radius 1 is 1.18 bits per heavy atom. The van der Waals surface area contributed by atoms with Gasteiger partial charge in [0.05, 0.1) is 6.61 Å². The Bertz CT molecular complexity index is 470. The summed E-state index contributed by atoms with van der Waals surface area (Å²) in [7, 11) is 0. The zero-order valence-electron chi connectivity index (χ0n) is 13.8. The largest absolute Gasteiger partial charge is 0.494 e. The molecule has 1 aliphatic heterocycles. The van der Waals surface area contributed by atoms with Crippen LogP contribution in [0.3, 0.4) is 0 Å². The molecule has 0 N–H and O–H groups in total. The highest BCUT2D eigenvalue weighted by molar-refractivity contribution is 5.96. The van der Waals surface area contributed by atoms with Crippen molar-refractivity contribution in [3.05, 3.63) is 29.3 Å². The summed E-state index contributed by atoms with van der Waals surface area (Å²) < 4.78 is 5.60. The molecule has 124 valence electrons. The van der Waals surface area contributed by atoms with Gasteiger partial charge in [0.1, 0.15) is 5.75 Å². The zero-order chi connectivity index (χ0) is 15.1. The van der Waals surface area contributed by atoms with Gasteiger partial charge >= 0.3 is 0 Å². The number of aryl methyl sites for hydroxylation is 1. The molecule has 0 unspecified atom stereocenters. The van der Waals surface area contributed by atoms with Gasteiger partial charge in [-0.15, -0.1) is 12.4 Å². The van der Waals surface area contributed by atoms with Crippen LogP contribution in [-0.2, 0) is 6.42 Å². The van der Waals surface area contributed by atoms with Gasteiger partial charge in [-0.2, -0.15) is 0 Å². The van der Waals surface area contributed by atoms with Crippen LogP contribution in [-0.4, -0.2) is 36.9 Å². The fourth-order valence-electron chi connectivity index (χ4n) is 2.91. The van der Waals surface area contributed by atoms with Gasteiger partial charge < -0.3 is 9.64 Å². The number of halogens is 1. The maximum Gasteiger partial charge on any atom is 0.164 e. The number of likely N-dealkylation sites (tertiary alicyclic amines) is 1.